The number of halogens is 2. The molecule has 1 fully saturated rings. The van der Waals surface area contributed by atoms with Crippen molar-refractivity contribution in [2.75, 3.05) is 16.8 Å². The zero-order chi connectivity index (χ0) is 19.7. The predicted octanol–water partition coefficient (Wildman–Crippen LogP) is 4.15. The molecule has 0 radical (unpaired) electrons. The zero-order valence-corrected chi connectivity index (χ0v) is 15.9. The van der Waals surface area contributed by atoms with Crippen LogP contribution in [0.15, 0.2) is 52.9 Å². The highest BCUT2D eigenvalue weighted by Crippen LogP contribution is 2.31. The first-order valence-corrected chi connectivity index (χ1v) is 9.22. The Morgan fingerprint density at radius 3 is 2.68 bits per heavy atom. The molecule has 3 aromatic rings. The third-order valence-electron chi connectivity index (χ3n) is 4.38. The van der Waals surface area contributed by atoms with E-state index in [9.17, 15) is 9.59 Å². The van der Waals surface area contributed by atoms with Gasteiger partial charge in [0.15, 0.2) is 0 Å². The topological polar surface area (TPSA) is 88.3 Å². The Labute approximate surface area is 170 Å². The van der Waals surface area contributed by atoms with Crippen molar-refractivity contribution >= 4 is 46.7 Å². The molecule has 0 spiro atoms. The van der Waals surface area contributed by atoms with E-state index in [0.717, 1.165) is 5.69 Å². The van der Waals surface area contributed by atoms with E-state index in [1.807, 2.05) is 30.3 Å². The normalized spacial score (nSPS) is 16.4. The highest BCUT2D eigenvalue weighted by atomic mass is 35.5. The Morgan fingerprint density at radius 2 is 1.93 bits per heavy atom. The molecule has 28 heavy (non-hydrogen) atoms. The summed E-state index contributed by atoms with van der Waals surface area (Å²) in [6.45, 7) is 0.432. The first kappa shape index (κ1) is 18.5. The number of aromatic nitrogens is 2. The van der Waals surface area contributed by atoms with Crippen LogP contribution >= 0.6 is 23.2 Å². The molecule has 2 aromatic carbocycles. The van der Waals surface area contributed by atoms with Crippen LogP contribution in [0.1, 0.15) is 28.6 Å². The summed E-state index contributed by atoms with van der Waals surface area (Å²) in [4.78, 5) is 26.4. The number of carbonyl (C=O) groups is 2. The number of benzene rings is 2. The minimum absolute atomic E-state index is 0.0204. The van der Waals surface area contributed by atoms with E-state index in [1.165, 1.54) is 12.1 Å². The average molecular weight is 417 g/mol. The molecule has 1 aromatic heterocycles. The number of hydrogen-bond donors (Lipinski definition) is 1. The highest BCUT2D eigenvalue weighted by Gasteiger charge is 2.35. The number of nitrogens with zero attached hydrogens (tertiary/aromatic N) is 3. The number of amides is 2. The van der Waals surface area contributed by atoms with Crippen LogP contribution in [-0.4, -0.2) is 28.6 Å². The first-order valence-electron chi connectivity index (χ1n) is 8.46. The van der Waals surface area contributed by atoms with Crippen molar-refractivity contribution in [3.8, 4) is 0 Å². The summed E-state index contributed by atoms with van der Waals surface area (Å²) >= 11 is 11.9. The number of anilines is 2. The lowest BCUT2D eigenvalue weighted by Gasteiger charge is -2.15. The Kier molecular flexibility index (Phi) is 5.02. The lowest BCUT2D eigenvalue weighted by atomic mass is 10.1. The van der Waals surface area contributed by atoms with Crippen LogP contribution in [-0.2, 0) is 4.79 Å². The van der Waals surface area contributed by atoms with Crippen LogP contribution in [0, 0.1) is 0 Å². The van der Waals surface area contributed by atoms with Crippen LogP contribution in [0.4, 0.5) is 11.7 Å². The van der Waals surface area contributed by atoms with Gasteiger partial charge in [-0.25, -0.2) is 0 Å². The number of carbonyl (C=O) groups excluding carboxylic acids is 2. The Morgan fingerprint density at radius 1 is 1.14 bits per heavy atom. The summed E-state index contributed by atoms with van der Waals surface area (Å²) in [7, 11) is 0. The second-order valence-electron chi connectivity index (χ2n) is 6.26. The van der Waals surface area contributed by atoms with Gasteiger partial charge in [0.25, 0.3) is 5.91 Å². The van der Waals surface area contributed by atoms with Crippen molar-refractivity contribution in [1.82, 2.24) is 10.2 Å². The predicted molar refractivity (Wildman–Crippen MR) is 105 cm³/mol. The van der Waals surface area contributed by atoms with E-state index in [0.29, 0.717) is 17.5 Å². The highest BCUT2D eigenvalue weighted by molar-refractivity contribution is 6.37. The number of hydrogen-bond acceptors (Lipinski definition) is 5. The van der Waals surface area contributed by atoms with Gasteiger partial charge < -0.3 is 9.32 Å². The molecule has 0 bridgehead atoms. The molecule has 1 saturated heterocycles. The van der Waals surface area contributed by atoms with E-state index >= 15 is 0 Å². The molecule has 0 aliphatic carbocycles. The summed E-state index contributed by atoms with van der Waals surface area (Å²) in [6.07, 6.45) is 0.257. The van der Waals surface area contributed by atoms with Crippen molar-refractivity contribution in [1.29, 1.82) is 0 Å². The van der Waals surface area contributed by atoms with Crippen molar-refractivity contribution in [2.24, 2.45) is 0 Å². The SMILES string of the molecule is O=C(Nc1nnc(C2CC(=O)N(c3ccccc3)C2)o1)c1ccc(Cl)cc1Cl. The van der Waals surface area contributed by atoms with Gasteiger partial charge in [-0.05, 0) is 30.3 Å². The summed E-state index contributed by atoms with van der Waals surface area (Å²) < 4.78 is 5.55. The molecule has 1 aliphatic rings. The molecule has 9 heteroatoms. The summed E-state index contributed by atoms with van der Waals surface area (Å²) in [6, 6.07) is 13.9. The van der Waals surface area contributed by atoms with Crippen LogP contribution in [0.3, 0.4) is 0 Å². The zero-order valence-electron chi connectivity index (χ0n) is 14.4. The molecule has 4 rings (SSSR count). The number of rotatable bonds is 4. The van der Waals surface area contributed by atoms with Crippen LogP contribution in [0.25, 0.3) is 0 Å². The fourth-order valence-corrected chi connectivity index (χ4v) is 3.51. The van der Waals surface area contributed by atoms with Gasteiger partial charge in [0, 0.05) is 23.7 Å². The van der Waals surface area contributed by atoms with Gasteiger partial charge in [-0.3, -0.25) is 14.9 Å². The van der Waals surface area contributed by atoms with Crippen LogP contribution in [0.2, 0.25) is 10.0 Å². The van der Waals surface area contributed by atoms with Crippen molar-refractivity contribution in [3.05, 3.63) is 70.0 Å². The second-order valence-corrected chi connectivity index (χ2v) is 7.11. The van der Waals surface area contributed by atoms with Gasteiger partial charge >= 0.3 is 6.01 Å². The van der Waals surface area contributed by atoms with Gasteiger partial charge in [0.1, 0.15) is 0 Å². The van der Waals surface area contributed by atoms with Gasteiger partial charge in [-0.1, -0.05) is 46.5 Å². The van der Waals surface area contributed by atoms with Crippen molar-refractivity contribution in [2.45, 2.75) is 12.3 Å². The Bertz CT molecular complexity index is 1040. The van der Waals surface area contributed by atoms with E-state index in [1.54, 1.807) is 11.0 Å². The van der Waals surface area contributed by atoms with E-state index in [2.05, 4.69) is 15.5 Å². The third kappa shape index (κ3) is 3.72. The van der Waals surface area contributed by atoms with Crippen molar-refractivity contribution < 1.29 is 14.0 Å². The molecule has 142 valence electrons. The van der Waals surface area contributed by atoms with Gasteiger partial charge in [-0.2, -0.15) is 0 Å². The van der Waals surface area contributed by atoms with Crippen LogP contribution < -0.4 is 10.2 Å². The average Bonchev–Trinajstić information content (AvgIpc) is 3.29. The molecule has 0 saturated carbocycles. The summed E-state index contributed by atoms with van der Waals surface area (Å²) in [5, 5.41) is 11.0. The quantitative estimate of drug-likeness (QED) is 0.689. The lowest BCUT2D eigenvalue weighted by Crippen LogP contribution is -2.24. The van der Waals surface area contributed by atoms with Crippen molar-refractivity contribution in [3.63, 3.8) is 0 Å². The van der Waals surface area contributed by atoms with Crippen LogP contribution in [0.5, 0.6) is 0 Å². The number of nitrogens with one attached hydrogen (secondary N) is 1. The Hall–Kier alpha value is -2.90. The first-order chi connectivity index (χ1) is 13.5. The smallest absolute Gasteiger partial charge is 0.322 e. The van der Waals surface area contributed by atoms with Gasteiger partial charge in [0.2, 0.25) is 11.8 Å². The number of para-hydroxylation sites is 1. The second kappa shape index (κ2) is 7.61. The molecule has 1 atom stereocenters. The summed E-state index contributed by atoms with van der Waals surface area (Å²) in [5.74, 6) is -0.465. The summed E-state index contributed by atoms with van der Waals surface area (Å²) in [5.41, 5.74) is 1.05. The molecular formula is C19H14Cl2N4O3. The molecule has 1 aliphatic heterocycles. The van der Waals surface area contributed by atoms with Gasteiger partial charge in [0.05, 0.1) is 16.5 Å². The standard InChI is InChI=1S/C19H14Cl2N4O3/c20-12-6-7-14(15(21)9-12)17(27)22-19-24-23-18(28-19)11-8-16(26)25(10-11)13-4-2-1-3-5-13/h1-7,9,11H,8,10H2,(H,22,24,27). The molecule has 2 heterocycles. The maximum atomic E-state index is 12.3. The fourth-order valence-electron chi connectivity index (χ4n) is 3.02. The lowest BCUT2D eigenvalue weighted by molar-refractivity contribution is -0.117. The van der Waals surface area contributed by atoms with E-state index in [-0.39, 0.29) is 34.8 Å². The largest absolute Gasteiger partial charge is 0.407 e. The molecule has 1 unspecified atom stereocenters. The monoisotopic (exact) mass is 416 g/mol. The Balaban J connectivity index is 1.46. The molecular weight excluding hydrogens is 403 g/mol. The van der Waals surface area contributed by atoms with E-state index < -0.39 is 5.91 Å². The minimum Gasteiger partial charge on any atom is -0.407 e. The molecule has 2 amide bonds. The third-order valence-corrected chi connectivity index (χ3v) is 4.93. The van der Waals surface area contributed by atoms with E-state index in [4.69, 9.17) is 27.6 Å². The minimum atomic E-state index is -0.495. The maximum Gasteiger partial charge on any atom is 0.322 e. The molecule has 7 nitrogen and oxygen atoms in total. The molecule has 1 N–H and O–H groups in total. The maximum absolute atomic E-state index is 12.3. The fraction of sp³-hybridized carbons (Fsp3) is 0.158. The van der Waals surface area contributed by atoms with Gasteiger partial charge in [-0.15, -0.1) is 5.10 Å².